The van der Waals surface area contributed by atoms with Crippen LogP contribution in [0, 0.1) is 0 Å². The van der Waals surface area contributed by atoms with Crippen LogP contribution in [0.5, 0.6) is 0 Å². The van der Waals surface area contributed by atoms with Gasteiger partial charge in [0.2, 0.25) is 0 Å². The fourth-order valence-corrected chi connectivity index (χ4v) is 2.72. The summed E-state index contributed by atoms with van der Waals surface area (Å²) in [5, 5.41) is 11.8. The van der Waals surface area contributed by atoms with Crippen molar-refractivity contribution in [3.05, 3.63) is 18.6 Å². The predicted octanol–water partition coefficient (Wildman–Crippen LogP) is 1.48. The molecular weight excluding hydrogens is 240 g/mol. The minimum absolute atomic E-state index is 0.425. The van der Waals surface area contributed by atoms with Gasteiger partial charge in [0.25, 0.3) is 0 Å². The van der Waals surface area contributed by atoms with Crippen LogP contribution in [0.25, 0.3) is 11.5 Å². The minimum atomic E-state index is 0.425. The molecule has 0 aromatic carbocycles. The molecule has 3 heterocycles. The van der Waals surface area contributed by atoms with Gasteiger partial charge >= 0.3 is 0 Å². The molecule has 19 heavy (non-hydrogen) atoms. The lowest BCUT2D eigenvalue weighted by atomic mass is 10.1. The Labute approximate surface area is 112 Å². The first-order chi connectivity index (χ1) is 9.40. The van der Waals surface area contributed by atoms with E-state index in [9.17, 15) is 0 Å². The number of aryl methyl sites for hydroxylation is 1. The Hall–Kier alpha value is -1.69. The molecule has 1 N–H and O–H groups in total. The molecule has 1 saturated heterocycles. The Balaban J connectivity index is 1.93. The highest BCUT2D eigenvalue weighted by molar-refractivity contribution is 5.48. The smallest absolute Gasteiger partial charge is 0.159 e. The SMILES string of the molecule is CCn1ccnc1-c1cnnn1C1CCCNCC1. The second-order valence-corrected chi connectivity index (χ2v) is 4.94. The van der Waals surface area contributed by atoms with E-state index in [0.717, 1.165) is 44.0 Å². The van der Waals surface area contributed by atoms with E-state index in [-0.39, 0.29) is 0 Å². The Bertz CT molecular complexity index is 521. The highest BCUT2D eigenvalue weighted by Gasteiger charge is 2.20. The minimum Gasteiger partial charge on any atom is -0.330 e. The van der Waals surface area contributed by atoms with Crippen molar-refractivity contribution in [2.45, 2.75) is 38.8 Å². The lowest BCUT2D eigenvalue weighted by Crippen LogP contribution is -2.17. The Morgan fingerprint density at radius 2 is 2.32 bits per heavy atom. The quantitative estimate of drug-likeness (QED) is 0.908. The zero-order valence-electron chi connectivity index (χ0n) is 11.3. The number of nitrogens with zero attached hydrogens (tertiary/aromatic N) is 5. The van der Waals surface area contributed by atoms with Crippen molar-refractivity contribution in [3.63, 3.8) is 0 Å². The molecule has 0 radical (unpaired) electrons. The van der Waals surface area contributed by atoms with E-state index < -0.39 is 0 Å². The average Bonchev–Trinajstić information content (AvgIpc) is 3.01. The number of rotatable bonds is 3. The lowest BCUT2D eigenvalue weighted by Gasteiger charge is -2.16. The fraction of sp³-hybridized carbons (Fsp3) is 0.615. The van der Waals surface area contributed by atoms with Gasteiger partial charge < -0.3 is 9.88 Å². The zero-order chi connectivity index (χ0) is 13.1. The normalized spacial score (nSPS) is 20.4. The molecule has 1 fully saturated rings. The van der Waals surface area contributed by atoms with Gasteiger partial charge in [-0.1, -0.05) is 5.21 Å². The van der Waals surface area contributed by atoms with E-state index in [1.807, 2.05) is 18.6 Å². The second kappa shape index (κ2) is 5.52. The van der Waals surface area contributed by atoms with E-state index in [0.29, 0.717) is 6.04 Å². The molecule has 0 aliphatic carbocycles. The lowest BCUT2D eigenvalue weighted by molar-refractivity contribution is 0.407. The van der Waals surface area contributed by atoms with E-state index in [1.165, 1.54) is 6.42 Å². The first-order valence-electron chi connectivity index (χ1n) is 7.02. The van der Waals surface area contributed by atoms with Gasteiger partial charge in [0.05, 0.1) is 12.2 Å². The maximum absolute atomic E-state index is 4.45. The summed E-state index contributed by atoms with van der Waals surface area (Å²) in [5.41, 5.74) is 1.03. The second-order valence-electron chi connectivity index (χ2n) is 4.94. The summed E-state index contributed by atoms with van der Waals surface area (Å²) in [6, 6.07) is 0.425. The van der Waals surface area contributed by atoms with E-state index in [1.54, 1.807) is 0 Å². The molecule has 2 aromatic rings. The molecule has 0 spiro atoms. The summed E-state index contributed by atoms with van der Waals surface area (Å²) in [6.45, 7) is 5.18. The van der Waals surface area contributed by atoms with Crippen LogP contribution < -0.4 is 5.32 Å². The van der Waals surface area contributed by atoms with Crippen LogP contribution in [0.15, 0.2) is 18.6 Å². The fourth-order valence-electron chi connectivity index (χ4n) is 2.72. The van der Waals surface area contributed by atoms with Gasteiger partial charge in [-0.3, -0.25) is 0 Å². The Morgan fingerprint density at radius 1 is 1.37 bits per heavy atom. The summed E-state index contributed by atoms with van der Waals surface area (Å²) in [6.07, 6.45) is 9.10. The molecule has 6 heteroatoms. The van der Waals surface area contributed by atoms with Crippen LogP contribution in [-0.4, -0.2) is 37.6 Å². The zero-order valence-corrected chi connectivity index (χ0v) is 11.3. The van der Waals surface area contributed by atoms with Crippen LogP contribution in [0.2, 0.25) is 0 Å². The molecule has 0 bridgehead atoms. The molecule has 0 saturated carbocycles. The van der Waals surface area contributed by atoms with Crippen molar-refractivity contribution < 1.29 is 0 Å². The van der Waals surface area contributed by atoms with Gasteiger partial charge in [0.1, 0.15) is 5.69 Å². The van der Waals surface area contributed by atoms with Crippen molar-refractivity contribution >= 4 is 0 Å². The average molecular weight is 260 g/mol. The molecule has 0 amide bonds. The first kappa shape index (κ1) is 12.3. The van der Waals surface area contributed by atoms with Crippen molar-refractivity contribution in [2.24, 2.45) is 0 Å². The molecule has 6 nitrogen and oxygen atoms in total. The third-order valence-electron chi connectivity index (χ3n) is 3.75. The molecular formula is C13H20N6. The largest absolute Gasteiger partial charge is 0.330 e. The maximum atomic E-state index is 4.45. The molecule has 2 aromatic heterocycles. The van der Waals surface area contributed by atoms with Crippen LogP contribution in [0.1, 0.15) is 32.2 Å². The van der Waals surface area contributed by atoms with E-state index >= 15 is 0 Å². The van der Waals surface area contributed by atoms with Crippen LogP contribution in [-0.2, 0) is 6.54 Å². The van der Waals surface area contributed by atoms with Crippen LogP contribution in [0.4, 0.5) is 0 Å². The summed E-state index contributed by atoms with van der Waals surface area (Å²) >= 11 is 0. The number of hydrogen-bond acceptors (Lipinski definition) is 4. The monoisotopic (exact) mass is 260 g/mol. The third kappa shape index (κ3) is 2.40. The van der Waals surface area contributed by atoms with Gasteiger partial charge in [-0.05, 0) is 39.3 Å². The van der Waals surface area contributed by atoms with Crippen molar-refractivity contribution in [3.8, 4) is 11.5 Å². The van der Waals surface area contributed by atoms with Crippen LogP contribution >= 0.6 is 0 Å². The van der Waals surface area contributed by atoms with Crippen molar-refractivity contribution in [2.75, 3.05) is 13.1 Å². The Kier molecular flexibility index (Phi) is 3.59. The summed E-state index contributed by atoms with van der Waals surface area (Å²) in [7, 11) is 0. The van der Waals surface area contributed by atoms with E-state index in [4.69, 9.17) is 0 Å². The molecule has 3 rings (SSSR count). The number of imidazole rings is 1. The van der Waals surface area contributed by atoms with Gasteiger partial charge in [0.15, 0.2) is 5.82 Å². The summed E-state index contributed by atoms with van der Waals surface area (Å²) in [5.74, 6) is 0.963. The number of nitrogens with one attached hydrogen (secondary N) is 1. The third-order valence-corrected chi connectivity index (χ3v) is 3.75. The summed E-state index contributed by atoms with van der Waals surface area (Å²) in [4.78, 5) is 4.45. The summed E-state index contributed by atoms with van der Waals surface area (Å²) < 4.78 is 4.19. The Morgan fingerprint density at radius 3 is 3.21 bits per heavy atom. The van der Waals surface area contributed by atoms with Gasteiger partial charge in [-0.2, -0.15) is 0 Å². The predicted molar refractivity (Wildman–Crippen MR) is 72.7 cm³/mol. The number of aromatic nitrogens is 5. The van der Waals surface area contributed by atoms with Crippen LogP contribution in [0.3, 0.4) is 0 Å². The van der Waals surface area contributed by atoms with Gasteiger partial charge in [0, 0.05) is 18.9 Å². The maximum Gasteiger partial charge on any atom is 0.159 e. The topological polar surface area (TPSA) is 60.6 Å². The molecule has 1 aliphatic rings. The van der Waals surface area contributed by atoms with E-state index in [2.05, 4.69) is 36.8 Å². The standard InChI is InChI=1S/C13H20N6/c1-2-18-9-8-15-13(18)12-10-16-17-19(12)11-4-3-6-14-7-5-11/h8-11,14H,2-7H2,1H3. The highest BCUT2D eigenvalue weighted by Crippen LogP contribution is 2.25. The van der Waals surface area contributed by atoms with Crippen molar-refractivity contribution in [1.29, 1.82) is 0 Å². The van der Waals surface area contributed by atoms with Gasteiger partial charge in [-0.25, -0.2) is 9.67 Å². The van der Waals surface area contributed by atoms with Gasteiger partial charge in [-0.15, -0.1) is 5.10 Å². The molecule has 102 valence electrons. The highest BCUT2D eigenvalue weighted by atomic mass is 15.4. The molecule has 1 atom stereocenters. The molecule has 1 aliphatic heterocycles. The molecule has 1 unspecified atom stereocenters. The number of hydrogen-bond donors (Lipinski definition) is 1. The van der Waals surface area contributed by atoms with Crippen molar-refractivity contribution in [1.82, 2.24) is 29.9 Å². The first-order valence-corrected chi connectivity index (χ1v) is 7.02.